The van der Waals surface area contributed by atoms with E-state index in [9.17, 15) is 4.79 Å². The SMILES string of the molecule is Cc1ccc(C[C@@H](C)C(=O)N2CC[C@H](N(C)Cc3nccc(N)n3)C2)cc1. The van der Waals surface area contributed by atoms with Gasteiger partial charge in [0.1, 0.15) is 11.6 Å². The number of nitrogens with zero attached hydrogens (tertiary/aromatic N) is 4. The summed E-state index contributed by atoms with van der Waals surface area (Å²) in [4.78, 5) is 25.6. The van der Waals surface area contributed by atoms with Crippen molar-refractivity contribution >= 4 is 11.7 Å². The lowest BCUT2D eigenvalue weighted by Gasteiger charge is -2.25. The molecule has 2 N–H and O–H groups in total. The van der Waals surface area contributed by atoms with Gasteiger partial charge in [-0.1, -0.05) is 36.8 Å². The maximum absolute atomic E-state index is 12.9. The molecule has 0 unspecified atom stereocenters. The fourth-order valence-corrected chi connectivity index (χ4v) is 3.62. The normalized spacial score (nSPS) is 18.1. The fraction of sp³-hybridized carbons (Fsp3) is 0.476. The third kappa shape index (κ3) is 5.04. The molecule has 0 spiro atoms. The molecule has 1 aromatic carbocycles. The van der Waals surface area contributed by atoms with Crippen LogP contribution in [0.5, 0.6) is 0 Å². The van der Waals surface area contributed by atoms with Crippen LogP contribution in [0.25, 0.3) is 0 Å². The lowest BCUT2D eigenvalue weighted by atomic mass is 9.99. The van der Waals surface area contributed by atoms with E-state index in [1.54, 1.807) is 12.3 Å². The standard InChI is InChI=1S/C21H29N5O/c1-15-4-6-17(7-5-15)12-16(2)21(27)26-11-9-18(13-26)25(3)14-20-23-10-8-19(22)24-20/h4-8,10,16,18H,9,11-14H2,1-3H3,(H2,22,23,24)/t16-,18+/m1/s1. The predicted molar refractivity (Wildman–Crippen MR) is 107 cm³/mol. The van der Waals surface area contributed by atoms with Crippen molar-refractivity contribution < 1.29 is 4.79 Å². The first kappa shape index (κ1) is 19.3. The van der Waals surface area contributed by atoms with E-state index in [1.807, 2.05) is 11.8 Å². The Morgan fingerprint density at radius 3 is 2.78 bits per heavy atom. The summed E-state index contributed by atoms with van der Waals surface area (Å²) < 4.78 is 0. The smallest absolute Gasteiger partial charge is 0.225 e. The second-order valence-corrected chi connectivity index (χ2v) is 7.63. The van der Waals surface area contributed by atoms with Gasteiger partial charge in [0.2, 0.25) is 5.91 Å². The van der Waals surface area contributed by atoms with Gasteiger partial charge in [-0.3, -0.25) is 9.69 Å². The van der Waals surface area contributed by atoms with Crippen LogP contribution in [0.15, 0.2) is 36.5 Å². The Bertz CT molecular complexity index is 776. The number of carbonyl (C=O) groups is 1. The van der Waals surface area contributed by atoms with Gasteiger partial charge in [0.15, 0.2) is 0 Å². The third-order valence-corrected chi connectivity index (χ3v) is 5.30. The first-order valence-corrected chi connectivity index (χ1v) is 9.54. The number of likely N-dealkylation sites (N-methyl/N-ethyl adjacent to an activating group) is 1. The molecule has 3 rings (SSSR count). The second kappa shape index (κ2) is 8.48. The molecule has 1 fully saturated rings. The molecule has 6 nitrogen and oxygen atoms in total. The van der Waals surface area contributed by atoms with Gasteiger partial charge in [-0.15, -0.1) is 0 Å². The maximum atomic E-state index is 12.9. The number of aromatic nitrogens is 2. The Morgan fingerprint density at radius 1 is 1.33 bits per heavy atom. The molecule has 2 heterocycles. The number of anilines is 1. The molecular weight excluding hydrogens is 338 g/mol. The van der Waals surface area contributed by atoms with Gasteiger partial charge in [0, 0.05) is 31.2 Å². The molecule has 0 saturated carbocycles. The van der Waals surface area contributed by atoms with E-state index < -0.39 is 0 Å². The number of aryl methyl sites for hydroxylation is 1. The zero-order valence-corrected chi connectivity index (χ0v) is 16.4. The molecule has 27 heavy (non-hydrogen) atoms. The van der Waals surface area contributed by atoms with Crippen molar-refractivity contribution in [2.75, 3.05) is 25.9 Å². The second-order valence-electron chi connectivity index (χ2n) is 7.63. The van der Waals surface area contributed by atoms with Crippen molar-refractivity contribution in [1.82, 2.24) is 19.8 Å². The number of nitrogen functional groups attached to an aromatic ring is 1. The van der Waals surface area contributed by atoms with E-state index >= 15 is 0 Å². The van der Waals surface area contributed by atoms with Crippen molar-refractivity contribution in [3.05, 3.63) is 53.5 Å². The van der Waals surface area contributed by atoms with Crippen molar-refractivity contribution in [2.24, 2.45) is 5.92 Å². The Kier molecular flexibility index (Phi) is 6.06. The molecule has 1 aliphatic rings. The molecule has 1 saturated heterocycles. The quantitative estimate of drug-likeness (QED) is 0.848. The highest BCUT2D eigenvalue weighted by atomic mass is 16.2. The summed E-state index contributed by atoms with van der Waals surface area (Å²) in [5.74, 6) is 1.44. The van der Waals surface area contributed by atoms with Gasteiger partial charge in [0.25, 0.3) is 0 Å². The van der Waals surface area contributed by atoms with Gasteiger partial charge < -0.3 is 10.6 Å². The minimum absolute atomic E-state index is 0.00554. The third-order valence-electron chi connectivity index (χ3n) is 5.30. The van der Waals surface area contributed by atoms with E-state index in [1.165, 1.54) is 11.1 Å². The number of hydrogen-bond acceptors (Lipinski definition) is 5. The largest absolute Gasteiger partial charge is 0.384 e. The molecule has 0 bridgehead atoms. The zero-order chi connectivity index (χ0) is 19.4. The van der Waals surface area contributed by atoms with E-state index in [4.69, 9.17) is 5.73 Å². The highest BCUT2D eigenvalue weighted by Gasteiger charge is 2.31. The average molecular weight is 367 g/mol. The predicted octanol–water partition coefficient (Wildman–Crippen LogP) is 2.28. The van der Waals surface area contributed by atoms with Crippen LogP contribution < -0.4 is 5.73 Å². The number of benzene rings is 1. The highest BCUT2D eigenvalue weighted by Crippen LogP contribution is 2.20. The molecule has 144 valence electrons. The van der Waals surface area contributed by atoms with Crippen LogP contribution in [-0.2, 0) is 17.8 Å². The Hall–Kier alpha value is -2.47. The lowest BCUT2D eigenvalue weighted by molar-refractivity contribution is -0.134. The van der Waals surface area contributed by atoms with E-state index in [0.717, 1.165) is 31.8 Å². The molecule has 2 aromatic rings. The number of rotatable bonds is 6. The average Bonchev–Trinajstić information content (AvgIpc) is 3.13. The van der Waals surface area contributed by atoms with Crippen molar-refractivity contribution in [3.8, 4) is 0 Å². The van der Waals surface area contributed by atoms with Crippen LogP contribution in [0, 0.1) is 12.8 Å². The summed E-state index contributed by atoms with van der Waals surface area (Å²) in [6.07, 6.45) is 3.44. The fourth-order valence-electron chi connectivity index (χ4n) is 3.62. The minimum Gasteiger partial charge on any atom is -0.384 e. The summed E-state index contributed by atoms with van der Waals surface area (Å²) >= 11 is 0. The van der Waals surface area contributed by atoms with Crippen LogP contribution in [0.3, 0.4) is 0 Å². The van der Waals surface area contributed by atoms with Crippen molar-refractivity contribution in [3.63, 3.8) is 0 Å². The van der Waals surface area contributed by atoms with Gasteiger partial charge in [-0.25, -0.2) is 9.97 Å². The summed E-state index contributed by atoms with van der Waals surface area (Å²) in [7, 11) is 2.06. The molecular formula is C21H29N5O. The number of carbonyl (C=O) groups excluding carboxylic acids is 1. The first-order valence-electron chi connectivity index (χ1n) is 9.54. The number of amides is 1. The topological polar surface area (TPSA) is 75.4 Å². The number of nitrogens with two attached hydrogens (primary N) is 1. The molecule has 2 atom stereocenters. The van der Waals surface area contributed by atoms with E-state index in [2.05, 4.69) is 53.1 Å². The van der Waals surface area contributed by atoms with Crippen LogP contribution in [-0.4, -0.2) is 51.9 Å². The molecule has 1 aliphatic heterocycles. The molecule has 6 heteroatoms. The molecule has 0 aliphatic carbocycles. The van der Waals surface area contributed by atoms with E-state index in [-0.39, 0.29) is 11.8 Å². The summed E-state index contributed by atoms with van der Waals surface area (Å²) in [5, 5.41) is 0. The van der Waals surface area contributed by atoms with Crippen LogP contribution in [0.1, 0.15) is 30.3 Å². The van der Waals surface area contributed by atoms with Crippen molar-refractivity contribution in [1.29, 1.82) is 0 Å². The van der Waals surface area contributed by atoms with Crippen LogP contribution >= 0.6 is 0 Å². The molecule has 1 aromatic heterocycles. The minimum atomic E-state index is -0.00554. The van der Waals surface area contributed by atoms with Crippen LogP contribution in [0.4, 0.5) is 5.82 Å². The van der Waals surface area contributed by atoms with Gasteiger partial charge in [-0.05, 0) is 38.4 Å². The zero-order valence-electron chi connectivity index (χ0n) is 16.4. The Labute approximate surface area is 161 Å². The highest BCUT2D eigenvalue weighted by molar-refractivity contribution is 5.79. The first-order chi connectivity index (χ1) is 12.9. The van der Waals surface area contributed by atoms with Crippen LogP contribution in [0.2, 0.25) is 0 Å². The molecule has 0 radical (unpaired) electrons. The Morgan fingerprint density at radius 2 is 2.07 bits per heavy atom. The number of likely N-dealkylation sites (tertiary alicyclic amines) is 1. The maximum Gasteiger partial charge on any atom is 0.225 e. The van der Waals surface area contributed by atoms with Gasteiger partial charge in [-0.2, -0.15) is 0 Å². The molecule has 1 amide bonds. The summed E-state index contributed by atoms with van der Waals surface area (Å²) in [6, 6.07) is 10.5. The monoisotopic (exact) mass is 367 g/mol. The number of hydrogen-bond donors (Lipinski definition) is 1. The van der Waals surface area contributed by atoms with Gasteiger partial charge in [0.05, 0.1) is 6.54 Å². The summed E-state index contributed by atoms with van der Waals surface area (Å²) in [6.45, 7) is 6.31. The van der Waals surface area contributed by atoms with Gasteiger partial charge >= 0.3 is 0 Å². The Balaban J connectivity index is 1.53. The van der Waals surface area contributed by atoms with Crippen molar-refractivity contribution in [2.45, 2.75) is 39.3 Å². The van der Waals surface area contributed by atoms with E-state index in [0.29, 0.717) is 18.4 Å². The lowest BCUT2D eigenvalue weighted by Crippen LogP contribution is -2.38. The summed E-state index contributed by atoms with van der Waals surface area (Å²) in [5.41, 5.74) is 8.19.